The van der Waals surface area contributed by atoms with E-state index in [9.17, 15) is 9.90 Å². The van der Waals surface area contributed by atoms with Crippen molar-refractivity contribution in [1.82, 2.24) is 5.27 Å². The molecular weight excluding hydrogens is 281 g/mol. The maximum Gasteiger partial charge on any atom is 0.292 e. The number of carbonyl (C=O) groups excluding carboxylic acids is 1. The van der Waals surface area contributed by atoms with Crippen LogP contribution in [0.25, 0.3) is 0 Å². The second-order valence-corrected chi connectivity index (χ2v) is 4.21. The first-order chi connectivity index (χ1) is 8.54. The quantitative estimate of drug-likeness (QED) is 0.853. The average Bonchev–Trinajstić information content (AvgIpc) is 2.69. The van der Waals surface area contributed by atoms with Crippen LogP contribution in [0.5, 0.6) is 5.95 Å². The van der Waals surface area contributed by atoms with Crippen molar-refractivity contribution in [2.24, 2.45) is 0 Å². The highest BCUT2D eigenvalue weighted by atomic mass is 35.5. The van der Waals surface area contributed by atoms with Gasteiger partial charge in [-0.1, -0.05) is 27.9 Å². The topological polar surface area (TPSA) is 82.1 Å². The van der Waals surface area contributed by atoms with Crippen LogP contribution in [0.3, 0.4) is 0 Å². The molecule has 0 aliphatic rings. The number of benzene rings is 1. The van der Waals surface area contributed by atoms with E-state index in [0.717, 1.165) is 10.9 Å². The van der Waals surface area contributed by atoms with Crippen LogP contribution in [0.1, 0.15) is 0 Å². The van der Waals surface area contributed by atoms with Gasteiger partial charge >= 0.3 is 0 Å². The number of aromatic nitrogens is 2. The number of nitrogens with zero attached hydrogens (tertiary/aromatic N) is 2. The molecule has 0 unspecified atom stereocenters. The fourth-order valence-corrected chi connectivity index (χ4v) is 1.56. The van der Waals surface area contributed by atoms with E-state index in [2.05, 4.69) is 15.1 Å². The minimum absolute atomic E-state index is 0.133. The van der Waals surface area contributed by atoms with Crippen LogP contribution < -0.4 is 15.1 Å². The Balaban J connectivity index is 2.00. The number of carbonyl (C=O) groups is 1. The van der Waals surface area contributed by atoms with E-state index in [1.54, 1.807) is 12.1 Å². The number of amides is 1. The standard InChI is InChI=1S/C10H7Cl2N3O3/c11-7-2-1-6(3-8(7)12)13-9(16)4-15-5-10(17)18-14-15/h1-3,5H,4H2,(H-,13,14,16,17). The van der Waals surface area contributed by atoms with Gasteiger partial charge in [0.1, 0.15) is 5.95 Å². The first-order valence-electron chi connectivity index (χ1n) is 4.83. The Labute approximate surface area is 112 Å². The molecule has 0 aliphatic heterocycles. The molecule has 18 heavy (non-hydrogen) atoms. The molecule has 0 fully saturated rings. The molecule has 1 heterocycles. The zero-order chi connectivity index (χ0) is 13.1. The predicted octanol–water partition coefficient (Wildman–Crippen LogP) is 0.981. The van der Waals surface area contributed by atoms with Gasteiger partial charge in [-0.2, -0.15) is 0 Å². The third-order valence-corrected chi connectivity index (χ3v) is 2.74. The first-order valence-corrected chi connectivity index (χ1v) is 5.58. The number of halogens is 2. The summed E-state index contributed by atoms with van der Waals surface area (Å²) in [5, 5.41) is 17.4. The number of anilines is 1. The molecule has 0 radical (unpaired) electrons. The third kappa shape index (κ3) is 3.12. The van der Waals surface area contributed by atoms with Crippen LogP contribution >= 0.6 is 23.2 Å². The predicted molar refractivity (Wildman–Crippen MR) is 61.2 cm³/mol. The maximum atomic E-state index is 11.6. The van der Waals surface area contributed by atoms with Crippen LogP contribution in [-0.4, -0.2) is 11.2 Å². The second kappa shape index (κ2) is 5.24. The molecule has 0 saturated heterocycles. The van der Waals surface area contributed by atoms with Crippen LogP contribution in [-0.2, 0) is 11.3 Å². The summed E-state index contributed by atoms with van der Waals surface area (Å²) in [4.78, 5) is 11.6. The van der Waals surface area contributed by atoms with Gasteiger partial charge in [-0.25, -0.2) is 0 Å². The van der Waals surface area contributed by atoms with Crippen molar-refractivity contribution in [2.45, 2.75) is 6.54 Å². The molecule has 94 valence electrons. The number of hydrogen-bond acceptors (Lipinski definition) is 4. The van der Waals surface area contributed by atoms with E-state index in [1.165, 1.54) is 6.07 Å². The highest BCUT2D eigenvalue weighted by molar-refractivity contribution is 6.42. The summed E-state index contributed by atoms with van der Waals surface area (Å²) in [5.74, 6) is -0.982. The SMILES string of the molecule is O=C(C[n+]1cc([O-])on1)Nc1ccc(Cl)c(Cl)c1. The van der Waals surface area contributed by atoms with Crippen LogP contribution in [0.4, 0.5) is 5.69 Å². The lowest BCUT2D eigenvalue weighted by Gasteiger charge is -2.03. The van der Waals surface area contributed by atoms with Crippen molar-refractivity contribution in [2.75, 3.05) is 5.32 Å². The molecule has 8 heteroatoms. The van der Waals surface area contributed by atoms with Gasteiger partial charge in [0.05, 0.1) is 15.3 Å². The van der Waals surface area contributed by atoms with Crippen LogP contribution in [0.2, 0.25) is 10.0 Å². The number of nitrogens with one attached hydrogen (secondary N) is 1. The lowest BCUT2D eigenvalue weighted by molar-refractivity contribution is -0.750. The molecule has 1 aromatic carbocycles. The molecule has 0 spiro atoms. The molecule has 6 nitrogen and oxygen atoms in total. The summed E-state index contributed by atoms with van der Waals surface area (Å²) in [6.45, 7) is -0.133. The van der Waals surface area contributed by atoms with Gasteiger partial charge in [-0.3, -0.25) is 4.79 Å². The molecule has 1 aromatic heterocycles. The summed E-state index contributed by atoms with van der Waals surface area (Å²) in [6.07, 6.45) is 1.08. The van der Waals surface area contributed by atoms with Crippen molar-refractivity contribution in [3.05, 3.63) is 34.4 Å². The van der Waals surface area contributed by atoms with E-state index >= 15 is 0 Å². The van der Waals surface area contributed by atoms with E-state index in [4.69, 9.17) is 23.2 Å². The Morgan fingerprint density at radius 1 is 1.44 bits per heavy atom. The van der Waals surface area contributed by atoms with Gasteiger partial charge in [0.25, 0.3) is 12.5 Å². The minimum Gasteiger partial charge on any atom is -0.539 e. The van der Waals surface area contributed by atoms with E-state index < -0.39 is 5.95 Å². The van der Waals surface area contributed by atoms with Gasteiger partial charge < -0.3 is 14.9 Å². The van der Waals surface area contributed by atoms with Crippen molar-refractivity contribution in [1.29, 1.82) is 0 Å². The summed E-state index contributed by atoms with van der Waals surface area (Å²) >= 11 is 11.5. The lowest BCUT2D eigenvalue weighted by atomic mass is 10.3. The third-order valence-electron chi connectivity index (χ3n) is 2.00. The molecule has 2 rings (SSSR count). The van der Waals surface area contributed by atoms with Gasteiger partial charge in [-0.15, -0.1) is 0 Å². The molecular formula is C10H7Cl2N3O3. The molecule has 0 aliphatic carbocycles. The fraction of sp³-hybridized carbons (Fsp3) is 0.100. The average molecular weight is 288 g/mol. The highest BCUT2D eigenvalue weighted by Gasteiger charge is 2.12. The molecule has 1 amide bonds. The van der Waals surface area contributed by atoms with Crippen LogP contribution in [0.15, 0.2) is 28.9 Å². The zero-order valence-corrected chi connectivity index (χ0v) is 10.4. The molecule has 1 N–H and O–H groups in total. The molecule has 0 bridgehead atoms. The lowest BCUT2D eigenvalue weighted by Crippen LogP contribution is -2.41. The van der Waals surface area contributed by atoms with Crippen molar-refractivity contribution in [3.8, 4) is 5.95 Å². The summed E-state index contributed by atoms with van der Waals surface area (Å²) in [6, 6.07) is 4.70. The Kier molecular flexibility index (Phi) is 3.69. The summed E-state index contributed by atoms with van der Waals surface area (Å²) < 4.78 is 5.38. The van der Waals surface area contributed by atoms with Gasteiger partial charge in [0, 0.05) is 5.69 Å². The Morgan fingerprint density at radius 2 is 2.22 bits per heavy atom. The Hall–Kier alpha value is -1.79. The van der Waals surface area contributed by atoms with Crippen molar-refractivity contribution >= 4 is 34.8 Å². The largest absolute Gasteiger partial charge is 0.539 e. The normalized spacial score (nSPS) is 10.3. The Morgan fingerprint density at radius 3 is 2.83 bits per heavy atom. The number of rotatable bonds is 3. The van der Waals surface area contributed by atoms with Crippen molar-refractivity contribution < 1.29 is 19.1 Å². The van der Waals surface area contributed by atoms with Gasteiger partial charge in [0.15, 0.2) is 0 Å². The summed E-state index contributed by atoms with van der Waals surface area (Å²) in [5.41, 5.74) is 0.501. The monoisotopic (exact) mass is 287 g/mol. The molecule has 2 aromatic rings. The van der Waals surface area contributed by atoms with Crippen LogP contribution in [0, 0.1) is 0 Å². The minimum atomic E-state index is -0.614. The Bertz CT molecular complexity index is 585. The van der Waals surface area contributed by atoms with Crippen molar-refractivity contribution in [3.63, 3.8) is 0 Å². The highest BCUT2D eigenvalue weighted by Crippen LogP contribution is 2.24. The van der Waals surface area contributed by atoms with E-state index in [-0.39, 0.29) is 12.5 Å². The van der Waals surface area contributed by atoms with E-state index in [1.807, 2.05) is 0 Å². The van der Waals surface area contributed by atoms with Gasteiger partial charge in [0.2, 0.25) is 6.20 Å². The zero-order valence-electron chi connectivity index (χ0n) is 8.89. The fourth-order valence-electron chi connectivity index (χ4n) is 1.26. The smallest absolute Gasteiger partial charge is 0.292 e. The number of hydrogen-bond donors (Lipinski definition) is 1. The second-order valence-electron chi connectivity index (χ2n) is 3.40. The summed E-state index contributed by atoms with van der Waals surface area (Å²) in [7, 11) is 0. The van der Waals surface area contributed by atoms with Gasteiger partial charge in [-0.05, 0) is 18.2 Å². The molecule has 0 atom stereocenters. The maximum absolute atomic E-state index is 11.6. The van der Waals surface area contributed by atoms with E-state index in [0.29, 0.717) is 15.7 Å². The molecule has 0 saturated carbocycles. The first kappa shape index (κ1) is 12.7.